The van der Waals surface area contributed by atoms with E-state index < -0.39 is 38.6 Å². The molecule has 2 aromatic carbocycles. The molecule has 0 N–H and O–H groups in total. The highest BCUT2D eigenvalue weighted by atomic mass is 79.9. The molecule has 0 aromatic heterocycles. The first kappa shape index (κ1) is 18.6. The molecule has 0 aliphatic carbocycles. The summed E-state index contributed by atoms with van der Waals surface area (Å²) in [6.45, 7) is 0. The molecule has 0 saturated carbocycles. The van der Waals surface area contributed by atoms with E-state index in [0.717, 1.165) is 4.90 Å². The van der Waals surface area contributed by atoms with Gasteiger partial charge in [-0.15, -0.1) is 0 Å². The molecule has 0 spiro atoms. The minimum Gasteiger partial charge on any atom is -0.338 e. The van der Waals surface area contributed by atoms with E-state index in [1.807, 2.05) is 0 Å². The number of anilines is 2. The molecule has 0 fully saturated rings. The van der Waals surface area contributed by atoms with Crippen LogP contribution < -0.4 is 4.90 Å². The summed E-state index contributed by atoms with van der Waals surface area (Å²) in [5, 5.41) is 22.1. The van der Waals surface area contributed by atoms with Gasteiger partial charge in [-0.1, -0.05) is 22.0 Å². The third-order valence-corrected chi connectivity index (χ3v) is 3.81. The largest absolute Gasteiger partial charge is 0.418 e. The van der Waals surface area contributed by atoms with Crippen molar-refractivity contribution in [2.75, 3.05) is 11.9 Å². The number of nitrogens with zero attached hydrogens (tertiary/aromatic N) is 3. The van der Waals surface area contributed by atoms with Crippen molar-refractivity contribution in [1.82, 2.24) is 0 Å². The summed E-state index contributed by atoms with van der Waals surface area (Å²) in [6, 6.07) is 6.89. The predicted molar refractivity (Wildman–Crippen MR) is 87.0 cm³/mol. The fourth-order valence-electron chi connectivity index (χ4n) is 2.23. The van der Waals surface area contributed by atoms with Crippen molar-refractivity contribution in [2.45, 2.75) is 6.18 Å². The topological polar surface area (TPSA) is 89.5 Å². The van der Waals surface area contributed by atoms with Gasteiger partial charge in [0.05, 0.1) is 21.5 Å². The predicted octanol–water partition coefficient (Wildman–Crippen LogP) is 5.05. The number of benzene rings is 2. The van der Waals surface area contributed by atoms with Crippen LogP contribution in [0.3, 0.4) is 0 Å². The summed E-state index contributed by atoms with van der Waals surface area (Å²) in [4.78, 5) is 20.9. The molecule has 0 unspecified atom stereocenters. The highest BCUT2D eigenvalue weighted by Gasteiger charge is 2.41. The Hall–Kier alpha value is -2.69. The molecule has 25 heavy (non-hydrogen) atoms. The highest BCUT2D eigenvalue weighted by Crippen LogP contribution is 2.46. The maximum atomic E-state index is 13.4. The van der Waals surface area contributed by atoms with Gasteiger partial charge in [-0.05, 0) is 18.2 Å². The first-order valence-electron chi connectivity index (χ1n) is 6.55. The number of non-ortho nitro benzene ring substituents is 1. The van der Waals surface area contributed by atoms with E-state index in [-0.39, 0.29) is 11.8 Å². The Balaban J connectivity index is 2.81. The summed E-state index contributed by atoms with van der Waals surface area (Å²) >= 11 is 3.17. The van der Waals surface area contributed by atoms with E-state index >= 15 is 0 Å². The van der Waals surface area contributed by atoms with Gasteiger partial charge < -0.3 is 4.90 Å². The molecule has 0 radical (unpaired) electrons. The first-order chi connectivity index (χ1) is 11.5. The van der Waals surface area contributed by atoms with E-state index in [9.17, 15) is 33.4 Å². The van der Waals surface area contributed by atoms with Gasteiger partial charge in [0.15, 0.2) is 0 Å². The number of hydrogen-bond donors (Lipinski definition) is 0. The molecular formula is C14H9BrF3N3O4. The zero-order chi connectivity index (χ0) is 18.9. The molecule has 0 saturated heterocycles. The number of nitro benzene ring substituents is 2. The Morgan fingerprint density at radius 1 is 1.08 bits per heavy atom. The third kappa shape index (κ3) is 3.87. The Bertz CT molecular complexity index is 858. The Labute approximate surface area is 147 Å². The maximum absolute atomic E-state index is 13.4. The van der Waals surface area contributed by atoms with Gasteiger partial charge in [-0.2, -0.15) is 13.2 Å². The number of halogens is 4. The van der Waals surface area contributed by atoms with E-state index in [4.69, 9.17) is 0 Å². The van der Waals surface area contributed by atoms with Gasteiger partial charge in [-0.25, -0.2) is 0 Å². The summed E-state index contributed by atoms with van der Waals surface area (Å²) < 4.78 is 40.8. The van der Waals surface area contributed by atoms with E-state index in [0.29, 0.717) is 10.5 Å². The maximum Gasteiger partial charge on any atom is 0.418 e. The van der Waals surface area contributed by atoms with Gasteiger partial charge in [0.2, 0.25) is 0 Å². The SMILES string of the molecule is CN(c1cccc(Br)c1)c1c([N+](=O)[O-])cc([N+](=O)[O-])cc1C(F)(F)F. The zero-order valence-electron chi connectivity index (χ0n) is 12.5. The van der Waals surface area contributed by atoms with Crippen LogP contribution >= 0.6 is 15.9 Å². The second-order valence-electron chi connectivity index (χ2n) is 4.91. The zero-order valence-corrected chi connectivity index (χ0v) is 14.0. The number of rotatable bonds is 4. The standard InChI is InChI=1S/C14H9BrF3N3O4/c1-19(9-4-2-3-8(15)5-9)13-11(14(16,17)18)6-10(20(22)23)7-12(13)21(24)25/h2-7H,1H3. The molecule has 132 valence electrons. The van der Waals surface area contributed by atoms with E-state index in [1.165, 1.54) is 19.2 Å². The number of nitro groups is 2. The Morgan fingerprint density at radius 3 is 2.20 bits per heavy atom. The van der Waals surface area contributed by atoms with Crippen LogP contribution in [-0.4, -0.2) is 16.9 Å². The average Bonchev–Trinajstić information content (AvgIpc) is 2.51. The Morgan fingerprint density at radius 2 is 1.72 bits per heavy atom. The van der Waals surface area contributed by atoms with Crippen LogP contribution in [0.2, 0.25) is 0 Å². The van der Waals surface area contributed by atoms with Gasteiger partial charge in [0.1, 0.15) is 5.69 Å². The molecule has 0 amide bonds. The lowest BCUT2D eigenvalue weighted by atomic mass is 10.1. The Kier molecular flexibility index (Phi) is 4.97. The molecular weight excluding hydrogens is 411 g/mol. The van der Waals surface area contributed by atoms with Crippen LogP contribution in [0.25, 0.3) is 0 Å². The van der Waals surface area contributed by atoms with Crippen LogP contribution in [0.5, 0.6) is 0 Å². The normalized spacial score (nSPS) is 11.2. The van der Waals surface area contributed by atoms with Gasteiger partial charge in [0.25, 0.3) is 11.4 Å². The fraction of sp³-hybridized carbons (Fsp3) is 0.143. The van der Waals surface area contributed by atoms with Gasteiger partial charge >= 0.3 is 6.18 Å². The van der Waals surface area contributed by atoms with Crippen molar-refractivity contribution in [3.05, 3.63) is 66.7 Å². The minimum atomic E-state index is -5.02. The van der Waals surface area contributed by atoms with Crippen LogP contribution in [-0.2, 0) is 6.18 Å². The van der Waals surface area contributed by atoms with Crippen molar-refractivity contribution < 1.29 is 23.0 Å². The van der Waals surface area contributed by atoms with Crippen LogP contribution in [0, 0.1) is 20.2 Å². The average molecular weight is 420 g/mol. The van der Waals surface area contributed by atoms with Crippen LogP contribution in [0.4, 0.5) is 35.9 Å². The molecule has 7 nitrogen and oxygen atoms in total. The first-order valence-corrected chi connectivity index (χ1v) is 7.35. The van der Waals surface area contributed by atoms with E-state index in [1.54, 1.807) is 12.1 Å². The van der Waals surface area contributed by atoms with Gasteiger partial charge in [0, 0.05) is 23.3 Å². The van der Waals surface area contributed by atoms with Crippen molar-refractivity contribution >= 4 is 38.7 Å². The summed E-state index contributed by atoms with van der Waals surface area (Å²) in [6.07, 6.45) is -5.02. The molecule has 0 atom stereocenters. The smallest absolute Gasteiger partial charge is 0.338 e. The minimum absolute atomic E-state index is 0.233. The molecule has 2 aromatic rings. The second kappa shape index (κ2) is 6.67. The van der Waals surface area contributed by atoms with Crippen molar-refractivity contribution in [3.63, 3.8) is 0 Å². The fourth-order valence-corrected chi connectivity index (χ4v) is 2.62. The van der Waals surface area contributed by atoms with Crippen molar-refractivity contribution in [1.29, 1.82) is 0 Å². The van der Waals surface area contributed by atoms with E-state index in [2.05, 4.69) is 15.9 Å². The number of hydrogen-bond acceptors (Lipinski definition) is 5. The molecule has 0 bridgehead atoms. The lowest BCUT2D eigenvalue weighted by molar-refractivity contribution is -0.394. The summed E-state index contributed by atoms with van der Waals surface area (Å²) in [5.74, 6) is 0. The molecule has 0 aliphatic heterocycles. The molecule has 0 heterocycles. The summed E-state index contributed by atoms with van der Waals surface area (Å²) in [5.41, 5.74) is -4.02. The highest BCUT2D eigenvalue weighted by molar-refractivity contribution is 9.10. The third-order valence-electron chi connectivity index (χ3n) is 3.32. The quantitative estimate of drug-likeness (QED) is 0.510. The monoisotopic (exact) mass is 419 g/mol. The van der Waals surface area contributed by atoms with Crippen molar-refractivity contribution in [2.24, 2.45) is 0 Å². The second-order valence-corrected chi connectivity index (χ2v) is 5.83. The van der Waals surface area contributed by atoms with Crippen LogP contribution in [0.15, 0.2) is 40.9 Å². The van der Waals surface area contributed by atoms with Crippen molar-refractivity contribution in [3.8, 4) is 0 Å². The lowest BCUT2D eigenvalue weighted by Crippen LogP contribution is -2.18. The molecule has 0 aliphatic rings. The lowest BCUT2D eigenvalue weighted by Gasteiger charge is -2.23. The van der Waals surface area contributed by atoms with Gasteiger partial charge in [-0.3, -0.25) is 20.2 Å². The molecule has 2 rings (SSSR count). The number of alkyl halides is 3. The van der Waals surface area contributed by atoms with Crippen LogP contribution in [0.1, 0.15) is 5.56 Å². The molecule has 11 heteroatoms. The summed E-state index contributed by atoms with van der Waals surface area (Å²) in [7, 11) is 1.21.